The van der Waals surface area contributed by atoms with Gasteiger partial charge < -0.3 is 30.5 Å². The average Bonchev–Trinajstić information content (AvgIpc) is 2.74. The maximum Gasteiger partial charge on any atom is 0.119 e. The molecule has 0 fully saturated rings. The molecule has 0 saturated heterocycles. The van der Waals surface area contributed by atoms with Crippen LogP contribution in [0.15, 0.2) is 66.7 Å². The molecule has 3 aromatic rings. The second kappa shape index (κ2) is 10.0. The molecule has 0 amide bonds. The second-order valence-corrected chi connectivity index (χ2v) is 7.31. The van der Waals surface area contributed by atoms with Crippen LogP contribution in [0.1, 0.15) is 22.6 Å². The Morgan fingerprint density at radius 3 is 1.90 bits per heavy atom. The largest absolute Gasteiger partial charge is 0.508 e. The smallest absolute Gasteiger partial charge is 0.119 e. The highest BCUT2D eigenvalue weighted by Gasteiger charge is 2.15. The summed E-state index contributed by atoms with van der Waals surface area (Å²) < 4.78 is 5.60. The molecule has 3 aromatic carbocycles. The highest BCUT2D eigenvalue weighted by molar-refractivity contribution is 5.39. The third kappa shape index (κ3) is 5.89. The maximum absolute atomic E-state index is 10.3. The molecule has 6 nitrogen and oxygen atoms in total. The Hall–Kier alpha value is -3.22. The Morgan fingerprint density at radius 2 is 1.37 bits per heavy atom. The normalized spacial score (nSPS) is 12.1. The lowest BCUT2D eigenvalue weighted by Gasteiger charge is -2.20. The highest BCUT2D eigenvalue weighted by atomic mass is 16.5. The van der Waals surface area contributed by atoms with Gasteiger partial charge in [0.25, 0.3) is 0 Å². The highest BCUT2D eigenvalue weighted by Crippen LogP contribution is 2.27. The number of aliphatic hydroxyl groups excluding tert-OH is 1. The van der Waals surface area contributed by atoms with E-state index < -0.39 is 6.10 Å². The van der Waals surface area contributed by atoms with Gasteiger partial charge in [-0.1, -0.05) is 24.3 Å². The SMILES string of the molecule is Cc1cc(OCC(O)CNCC(c2ccc(O)cc2)c2ccc(O)cc2)ccc1O. The predicted molar refractivity (Wildman–Crippen MR) is 115 cm³/mol. The van der Waals surface area contributed by atoms with Crippen LogP contribution in [0.5, 0.6) is 23.0 Å². The van der Waals surface area contributed by atoms with Gasteiger partial charge in [0, 0.05) is 19.0 Å². The molecule has 0 bridgehead atoms. The van der Waals surface area contributed by atoms with Gasteiger partial charge in [-0.2, -0.15) is 0 Å². The molecule has 3 rings (SSSR count). The van der Waals surface area contributed by atoms with E-state index in [-0.39, 0.29) is 29.8 Å². The third-order valence-corrected chi connectivity index (χ3v) is 4.93. The first-order chi connectivity index (χ1) is 14.4. The Kier molecular flexibility index (Phi) is 7.17. The van der Waals surface area contributed by atoms with E-state index in [4.69, 9.17) is 4.74 Å². The zero-order chi connectivity index (χ0) is 21.5. The van der Waals surface area contributed by atoms with E-state index in [0.29, 0.717) is 24.4 Å². The predicted octanol–water partition coefficient (Wildman–Crippen LogP) is 3.27. The Bertz CT molecular complexity index is 895. The van der Waals surface area contributed by atoms with Crippen molar-refractivity contribution in [1.82, 2.24) is 5.32 Å². The van der Waals surface area contributed by atoms with Crippen molar-refractivity contribution in [2.24, 2.45) is 0 Å². The molecule has 0 aliphatic carbocycles. The van der Waals surface area contributed by atoms with Crippen LogP contribution < -0.4 is 10.1 Å². The minimum atomic E-state index is -0.709. The van der Waals surface area contributed by atoms with Gasteiger partial charge >= 0.3 is 0 Å². The van der Waals surface area contributed by atoms with E-state index in [0.717, 1.165) is 11.1 Å². The lowest BCUT2D eigenvalue weighted by atomic mass is 9.91. The van der Waals surface area contributed by atoms with E-state index >= 15 is 0 Å². The maximum atomic E-state index is 10.3. The van der Waals surface area contributed by atoms with Crippen LogP contribution in [0.4, 0.5) is 0 Å². The lowest BCUT2D eigenvalue weighted by Crippen LogP contribution is -2.34. The fourth-order valence-electron chi connectivity index (χ4n) is 3.20. The number of hydrogen-bond acceptors (Lipinski definition) is 6. The molecule has 158 valence electrons. The van der Waals surface area contributed by atoms with Crippen LogP contribution in [0.2, 0.25) is 0 Å². The summed E-state index contributed by atoms with van der Waals surface area (Å²) in [7, 11) is 0. The number of benzene rings is 3. The van der Waals surface area contributed by atoms with Gasteiger partial charge in [-0.05, 0) is 66.1 Å². The standard InChI is InChI=1S/C24H27NO5/c1-16-12-22(10-11-24(16)29)30-15-21(28)13-25-14-23(17-2-6-19(26)7-3-17)18-4-8-20(27)9-5-18/h2-12,21,23,25-29H,13-15H2,1H3. The average molecular weight is 409 g/mol. The number of aliphatic hydroxyl groups is 1. The summed E-state index contributed by atoms with van der Waals surface area (Å²) in [5.74, 6) is 1.19. The first-order valence-corrected chi connectivity index (χ1v) is 9.81. The molecule has 0 aromatic heterocycles. The van der Waals surface area contributed by atoms with E-state index in [1.807, 2.05) is 24.3 Å². The molecule has 1 atom stereocenters. The fourth-order valence-corrected chi connectivity index (χ4v) is 3.20. The van der Waals surface area contributed by atoms with Gasteiger partial charge in [0.05, 0.1) is 0 Å². The zero-order valence-corrected chi connectivity index (χ0v) is 16.8. The molecule has 0 aliphatic rings. The number of phenolic OH excluding ortho intramolecular Hbond substituents is 3. The second-order valence-electron chi connectivity index (χ2n) is 7.31. The molecule has 30 heavy (non-hydrogen) atoms. The molecule has 5 N–H and O–H groups in total. The van der Waals surface area contributed by atoms with E-state index in [9.17, 15) is 20.4 Å². The number of nitrogens with one attached hydrogen (secondary N) is 1. The molecule has 6 heteroatoms. The monoisotopic (exact) mass is 409 g/mol. The summed E-state index contributed by atoms with van der Waals surface area (Å²) in [6, 6.07) is 19.0. The Labute approximate surface area is 176 Å². The minimum absolute atomic E-state index is 0.0148. The van der Waals surface area contributed by atoms with Crippen molar-refractivity contribution in [2.75, 3.05) is 19.7 Å². The van der Waals surface area contributed by atoms with Crippen molar-refractivity contribution in [3.05, 3.63) is 83.4 Å². The number of ether oxygens (including phenoxy) is 1. The molecular weight excluding hydrogens is 382 g/mol. The number of aryl methyl sites for hydroxylation is 1. The van der Waals surface area contributed by atoms with E-state index in [2.05, 4.69) is 5.32 Å². The van der Waals surface area contributed by atoms with Crippen LogP contribution in [0, 0.1) is 6.92 Å². The van der Waals surface area contributed by atoms with Crippen molar-refractivity contribution < 1.29 is 25.2 Å². The van der Waals surface area contributed by atoms with Crippen molar-refractivity contribution >= 4 is 0 Å². The Balaban J connectivity index is 1.57. The quantitative estimate of drug-likeness (QED) is 0.372. The van der Waals surface area contributed by atoms with Gasteiger partial charge in [0.15, 0.2) is 0 Å². The van der Waals surface area contributed by atoms with E-state index in [1.165, 1.54) is 0 Å². The molecule has 0 radical (unpaired) electrons. The number of phenols is 3. The first-order valence-electron chi connectivity index (χ1n) is 9.81. The molecular formula is C24H27NO5. The van der Waals surface area contributed by atoms with Gasteiger partial charge in [0.1, 0.15) is 35.7 Å². The van der Waals surface area contributed by atoms with Crippen molar-refractivity contribution in [3.8, 4) is 23.0 Å². The fraction of sp³-hybridized carbons (Fsp3) is 0.250. The summed E-state index contributed by atoms with van der Waals surface area (Å²) in [5, 5.41) is 42.2. The van der Waals surface area contributed by atoms with Crippen LogP contribution >= 0.6 is 0 Å². The van der Waals surface area contributed by atoms with Crippen molar-refractivity contribution in [1.29, 1.82) is 0 Å². The minimum Gasteiger partial charge on any atom is -0.508 e. The summed E-state index contributed by atoms with van der Waals surface area (Å²) in [6.45, 7) is 2.81. The molecule has 1 unspecified atom stereocenters. The summed E-state index contributed by atoms with van der Waals surface area (Å²) in [5.41, 5.74) is 2.73. The number of hydrogen-bond donors (Lipinski definition) is 5. The van der Waals surface area contributed by atoms with Gasteiger partial charge in [-0.15, -0.1) is 0 Å². The topological polar surface area (TPSA) is 102 Å². The number of rotatable bonds is 9. The third-order valence-electron chi connectivity index (χ3n) is 4.93. The van der Waals surface area contributed by atoms with E-state index in [1.54, 1.807) is 49.4 Å². The Morgan fingerprint density at radius 1 is 0.800 bits per heavy atom. The van der Waals surface area contributed by atoms with Gasteiger partial charge in [-0.25, -0.2) is 0 Å². The van der Waals surface area contributed by atoms with Crippen LogP contribution in [0.25, 0.3) is 0 Å². The molecule has 0 spiro atoms. The summed E-state index contributed by atoms with van der Waals surface area (Å²) in [6.07, 6.45) is -0.709. The van der Waals surface area contributed by atoms with Crippen molar-refractivity contribution in [2.45, 2.75) is 18.9 Å². The zero-order valence-electron chi connectivity index (χ0n) is 16.8. The number of aromatic hydroxyl groups is 3. The summed E-state index contributed by atoms with van der Waals surface area (Å²) >= 11 is 0. The van der Waals surface area contributed by atoms with Gasteiger partial charge in [-0.3, -0.25) is 0 Å². The van der Waals surface area contributed by atoms with Crippen LogP contribution in [-0.2, 0) is 0 Å². The molecule has 0 aliphatic heterocycles. The van der Waals surface area contributed by atoms with Crippen molar-refractivity contribution in [3.63, 3.8) is 0 Å². The molecule has 0 saturated carbocycles. The first kappa shape index (κ1) is 21.5. The summed E-state index contributed by atoms with van der Waals surface area (Å²) in [4.78, 5) is 0. The molecule has 0 heterocycles. The van der Waals surface area contributed by atoms with Crippen LogP contribution in [0.3, 0.4) is 0 Å². The lowest BCUT2D eigenvalue weighted by molar-refractivity contribution is 0.106. The van der Waals surface area contributed by atoms with Gasteiger partial charge in [0.2, 0.25) is 0 Å². The van der Waals surface area contributed by atoms with Crippen LogP contribution in [-0.4, -0.2) is 46.2 Å².